The van der Waals surface area contributed by atoms with Gasteiger partial charge in [0.15, 0.2) is 11.8 Å². The van der Waals surface area contributed by atoms with E-state index >= 15 is 0 Å². The zero-order valence-corrected chi connectivity index (χ0v) is 13.8. The summed E-state index contributed by atoms with van der Waals surface area (Å²) in [7, 11) is 1.92. The third-order valence-corrected chi connectivity index (χ3v) is 2.52. The SMILES string of the molecule is CCNC(=NCc1nncn1C)NC(C)CC.I. The molecule has 0 aliphatic heterocycles. The first-order valence-electron chi connectivity index (χ1n) is 6.05. The Hall–Kier alpha value is -0.860. The molecule has 1 rings (SSSR count). The van der Waals surface area contributed by atoms with Gasteiger partial charge in [-0.1, -0.05) is 6.92 Å². The monoisotopic (exact) mass is 366 g/mol. The van der Waals surface area contributed by atoms with Crippen LogP contribution < -0.4 is 10.6 Å². The molecule has 1 atom stereocenters. The highest BCUT2D eigenvalue weighted by molar-refractivity contribution is 14.0. The summed E-state index contributed by atoms with van der Waals surface area (Å²) in [6, 6.07) is 0.410. The van der Waals surface area contributed by atoms with Crippen LogP contribution >= 0.6 is 24.0 Å². The van der Waals surface area contributed by atoms with Crippen LogP contribution in [0.2, 0.25) is 0 Å². The van der Waals surface area contributed by atoms with Gasteiger partial charge in [0.25, 0.3) is 0 Å². The second-order valence-corrected chi connectivity index (χ2v) is 4.01. The van der Waals surface area contributed by atoms with E-state index in [0.717, 1.165) is 24.7 Å². The molecule has 0 aromatic carbocycles. The van der Waals surface area contributed by atoms with Gasteiger partial charge in [-0.2, -0.15) is 0 Å². The average molecular weight is 366 g/mol. The lowest BCUT2D eigenvalue weighted by molar-refractivity contribution is 0.623. The van der Waals surface area contributed by atoms with E-state index in [1.54, 1.807) is 6.33 Å². The molecule has 18 heavy (non-hydrogen) atoms. The summed E-state index contributed by atoms with van der Waals surface area (Å²) in [5.74, 6) is 1.68. The summed E-state index contributed by atoms with van der Waals surface area (Å²) in [6.45, 7) is 7.71. The van der Waals surface area contributed by atoms with Crippen LogP contribution in [-0.4, -0.2) is 33.3 Å². The van der Waals surface area contributed by atoms with Gasteiger partial charge in [-0.15, -0.1) is 34.2 Å². The molecule has 1 heterocycles. The molecule has 0 aliphatic carbocycles. The van der Waals surface area contributed by atoms with E-state index in [2.05, 4.69) is 46.6 Å². The van der Waals surface area contributed by atoms with Gasteiger partial charge in [-0.05, 0) is 20.3 Å². The summed E-state index contributed by atoms with van der Waals surface area (Å²) < 4.78 is 1.87. The van der Waals surface area contributed by atoms with Crippen LogP contribution in [0.4, 0.5) is 0 Å². The smallest absolute Gasteiger partial charge is 0.191 e. The molecule has 0 saturated heterocycles. The molecule has 0 fully saturated rings. The molecule has 7 heteroatoms. The fraction of sp³-hybridized carbons (Fsp3) is 0.727. The van der Waals surface area contributed by atoms with Gasteiger partial charge in [0, 0.05) is 19.6 Å². The van der Waals surface area contributed by atoms with E-state index in [9.17, 15) is 0 Å². The lowest BCUT2D eigenvalue weighted by Gasteiger charge is -2.15. The van der Waals surface area contributed by atoms with E-state index in [0.29, 0.717) is 12.6 Å². The van der Waals surface area contributed by atoms with Crippen LogP contribution in [0, 0.1) is 0 Å². The van der Waals surface area contributed by atoms with E-state index in [1.165, 1.54) is 0 Å². The maximum Gasteiger partial charge on any atom is 0.191 e. The maximum absolute atomic E-state index is 4.48. The third-order valence-electron chi connectivity index (χ3n) is 2.52. The molecule has 0 spiro atoms. The minimum atomic E-state index is 0. The number of halogens is 1. The van der Waals surface area contributed by atoms with Gasteiger partial charge in [0.2, 0.25) is 0 Å². The van der Waals surface area contributed by atoms with Gasteiger partial charge >= 0.3 is 0 Å². The number of hydrogen-bond acceptors (Lipinski definition) is 3. The molecule has 1 aromatic heterocycles. The molecule has 1 unspecified atom stereocenters. The number of nitrogens with zero attached hydrogens (tertiary/aromatic N) is 4. The highest BCUT2D eigenvalue weighted by Crippen LogP contribution is 1.94. The molecule has 6 nitrogen and oxygen atoms in total. The molecular weight excluding hydrogens is 343 g/mol. The quantitative estimate of drug-likeness (QED) is 0.468. The number of aryl methyl sites for hydroxylation is 1. The minimum Gasteiger partial charge on any atom is -0.357 e. The van der Waals surface area contributed by atoms with Gasteiger partial charge in [0.1, 0.15) is 12.9 Å². The Kier molecular flexibility index (Phi) is 8.69. The van der Waals surface area contributed by atoms with Gasteiger partial charge in [-0.3, -0.25) is 0 Å². The minimum absolute atomic E-state index is 0. The second-order valence-electron chi connectivity index (χ2n) is 4.01. The number of rotatable bonds is 5. The molecule has 0 saturated carbocycles. The highest BCUT2D eigenvalue weighted by Gasteiger charge is 2.04. The van der Waals surface area contributed by atoms with Crippen molar-refractivity contribution in [3.05, 3.63) is 12.2 Å². The number of guanidine groups is 1. The van der Waals surface area contributed by atoms with E-state index < -0.39 is 0 Å². The number of hydrogen-bond donors (Lipinski definition) is 2. The molecular formula is C11H23IN6. The van der Waals surface area contributed by atoms with Crippen molar-refractivity contribution in [2.24, 2.45) is 12.0 Å². The fourth-order valence-electron chi connectivity index (χ4n) is 1.26. The van der Waals surface area contributed by atoms with Gasteiger partial charge in [-0.25, -0.2) is 4.99 Å². The Morgan fingerprint density at radius 3 is 2.72 bits per heavy atom. The van der Waals surface area contributed by atoms with Crippen LogP contribution in [-0.2, 0) is 13.6 Å². The van der Waals surface area contributed by atoms with Crippen molar-refractivity contribution < 1.29 is 0 Å². The Bertz CT molecular complexity index is 362. The molecule has 1 aromatic rings. The van der Waals surface area contributed by atoms with Crippen LogP contribution in [0.3, 0.4) is 0 Å². The summed E-state index contributed by atoms with van der Waals surface area (Å²) in [4.78, 5) is 4.48. The predicted octanol–water partition coefficient (Wildman–Crippen LogP) is 1.29. The summed E-state index contributed by atoms with van der Waals surface area (Å²) in [5.41, 5.74) is 0. The first-order chi connectivity index (χ1) is 8.17. The summed E-state index contributed by atoms with van der Waals surface area (Å²) in [5, 5.41) is 14.4. The number of nitrogens with one attached hydrogen (secondary N) is 2. The lowest BCUT2D eigenvalue weighted by Crippen LogP contribution is -2.42. The van der Waals surface area contributed by atoms with Crippen molar-refractivity contribution in [2.45, 2.75) is 39.8 Å². The van der Waals surface area contributed by atoms with Crippen LogP contribution in [0.25, 0.3) is 0 Å². The first-order valence-corrected chi connectivity index (χ1v) is 6.05. The summed E-state index contributed by atoms with van der Waals surface area (Å²) in [6.07, 6.45) is 2.74. The normalized spacial score (nSPS) is 12.8. The Morgan fingerprint density at radius 2 is 2.22 bits per heavy atom. The van der Waals surface area contributed by atoms with E-state index in [1.807, 2.05) is 11.6 Å². The molecule has 0 bridgehead atoms. The predicted molar refractivity (Wildman–Crippen MR) is 84.1 cm³/mol. The van der Waals surface area contributed by atoms with E-state index in [4.69, 9.17) is 0 Å². The van der Waals surface area contributed by atoms with Crippen molar-refractivity contribution in [3.63, 3.8) is 0 Å². The van der Waals surface area contributed by atoms with Gasteiger partial charge < -0.3 is 15.2 Å². The van der Waals surface area contributed by atoms with E-state index in [-0.39, 0.29) is 24.0 Å². The van der Waals surface area contributed by atoms with Crippen molar-refractivity contribution in [2.75, 3.05) is 6.54 Å². The van der Waals surface area contributed by atoms with Crippen molar-refractivity contribution in [3.8, 4) is 0 Å². The standard InChI is InChI=1S/C11H22N6.HI/c1-5-9(3)15-11(12-6-2)13-7-10-16-14-8-17(10)4;/h8-9H,5-7H2,1-4H3,(H2,12,13,15);1H. The molecule has 0 aliphatic rings. The number of aliphatic imine (C=N–C) groups is 1. The molecule has 0 amide bonds. The van der Waals surface area contributed by atoms with Crippen LogP contribution in [0.5, 0.6) is 0 Å². The third kappa shape index (κ3) is 5.65. The average Bonchev–Trinajstić information content (AvgIpc) is 2.72. The first kappa shape index (κ1) is 17.1. The van der Waals surface area contributed by atoms with Crippen molar-refractivity contribution in [1.29, 1.82) is 0 Å². The number of aromatic nitrogens is 3. The Morgan fingerprint density at radius 1 is 1.50 bits per heavy atom. The lowest BCUT2D eigenvalue weighted by atomic mass is 10.3. The van der Waals surface area contributed by atoms with Crippen LogP contribution in [0.15, 0.2) is 11.3 Å². The van der Waals surface area contributed by atoms with Crippen LogP contribution in [0.1, 0.15) is 33.0 Å². The Labute approximate surface area is 126 Å². The van der Waals surface area contributed by atoms with Crippen molar-refractivity contribution >= 4 is 29.9 Å². The highest BCUT2D eigenvalue weighted by atomic mass is 127. The molecule has 104 valence electrons. The van der Waals surface area contributed by atoms with Crippen molar-refractivity contribution in [1.82, 2.24) is 25.4 Å². The molecule has 0 radical (unpaired) electrons. The zero-order chi connectivity index (χ0) is 12.7. The largest absolute Gasteiger partial charge is 0.357 e. The topological polar surface area (TPSA) is 67.1 Å². The molecule has 2 N–H and O–H groups in total. The Balaban J connectivity index is 0.00000289. The maximum atomic E-state index is 4.48. The van der Waals surface area contributed by atoms with Gasteiger partial charge in [0.05, 0.1) is 0 Å². The summed E-state index contributed by atoms with van der Waals surface area (Å²) >= 11 is 0. The fourth-order valence-corrected chi connectivity index (χ4v) is 1.26. The zero-order valence-electron chi connectivity index (χ0n) is 11.5. The second kappa shape index (κ2) is 9.12.